The van der Waals surface area contributed by atoms with E-state index in [2.05, 4.69) is 46.5 Å². The molecule has 3 nitrogen and oxygen atoms in total. The summed E-state index contributed by atoms with van der Waals surface area (Å²) in [5, 5.41) is 3.25. The van der Waals surface area contributed by atoms with Crippen LogP contribution in [0.4, 0.5) is 5.95 Å². The van der Waals surface area contributed by atoms with Gasteiger partial charge >= 0.3 is 0 Å². The summed E-state index contributed by atoms with van der Waals surface area (Å²) >= 11 is 0. The predicted molar refractivity (Wildman–Crippen MR) is 61.7 cm³/mol. The average molecular weight is 201 g/mol. The molecule has 0 unspecified atom stereocenters. The largest absolute Gasteiger partial charge is 0.352 e. The molecule has 0 aliphatic heterocycles. The Morgan fingerprint density at radius 3 is 2.73 bits per heavy atom. The molecule has 2 aromatic rings. The highest BCUT2D eigenvalue weighted by Gasteiger charge is 1.99. The van der Waals surface area contributed by atoms with Crippen LogP contribution >= 0.6 is 0 Å². The van der Waals surface area contributed by atoms with E-state index in [1.807, 2.05) is 6.20 Å². The molecule has 1 aromatic heterocycles. The van der Waals surface area contributed by atoms with Crippen LogP contribution in [-0.4, -0.2) is 9.97 Å². The molecule has 0 saturated carbocycles. The molecule has 2 rings (SSSR count). The van der Waals surface area contributed by atoms with Gasteiger partial charge in [0.25, 0.3) is 0 Å². The van der Waals surface area contributed by atoms with Crippen molar-refractivity contribution in [3.8, 4) is 0 Å². The van der Waals surface area contributed by atoms with Crippen LogP contribution < -0.4 is 5.32 Å². The lowest BCUT2D eigenvalue weighted by molar-refractivity contribution is 1.02. The van der Waals surface area contributed by atoms with E-state index in [9.17, 15) is 0 Å². The molecule has 2 N–H and O–H groups in total. The maximum absolute atomic E-state index is 4.12. The van der Waals surface area contributed by atoms with Gasteiger partial charge in [0.05, 0.1) is 0 Å². The Morgan fingerprint density at radius 1 is 1.27 bits per heavy atom. The van der Waals surface area contributed by atoms with Crippen LogP contribution in [0.25, 0.3) is 0 Å². The topological polar surface area (TPSA) is 40.7 Å². The van der Waals surface area contributed by atoms with Crippen molar-refractivity contribution in [3.05, 3.63) is 47.8 Å². The number of benzene rings is 1. The molecular weight excluding hydrogens is 186 g/mol. The minimum atomic E-state index is 0.817. The highest BCUT2D eigenvalue weighted by Crippen LogP contribution is 2.10. The third-order valence-electron chi connectivity index (χ3n) is 2.44. The Hall–Kier alpha value is -1.77. The highest BCUT2D eigenvalue weighted by molar-refractivity contribution is 5.32. The van der Waals surface area contributed by atoms with Crippen molar-refractivity contribution in [2.45, 2.75) is 19.9 Å². The number of aromatic amines is 1. The second-order valence-corrected chi connectivity index (χ2v) is 3.41. The van der Waals surface area contributed by atoms with E-state index >= 15 is 0 Å². The summed E-state index contributed by atoms with van der Waals surface area (Å²) in [5.74, 6) is 0.820. The van der Waals surface area contributed by atoms with E-state index < -0.39 is 0 Å². The predicted octanol–water partition coefficient (Wildman–Crippen LogP) is 2.58. The van der Waals surface area contributed by atoms with Crippen LogP contribution in [0.3, 0.4) is 0 Å². The fourth-order valence-electron chi connectivity index (χ4n) is 1.62. The zero-order valence-electron chi connectivity index (χ0n) is 8.83. The quantitative estimate of drug-likeness (QED) is 0.798. The first kappa shape index (κ1) is 9.77. The number of anilines is 1. The molecular formula is C12H15N3. The first-order valence-electron chi connectivity index (χ1n) is 5.20. The Morgan fingerprint density at radius 2 is 2.07 bits per heavy atom. The Labute approximate surface area is 89.6 Å². The van der Waals surface area contributed by atoms with Crippen molar-refractivity contribution < 1.29 is 0 Å². The van der Waals surface area contributed by atoms with Gasteiger partial charge < -0.3 is 10.3 Å². The van der Waals surface area contributed by atoms with Crippen molar-refractivity contribution in [1.82, 2.24) is 9.97 Å². The Bertz CT molecular complexity index is 407. The maximum Gasteiger partial charge on any atom is 0.200 e. The van der Waals surface area contributed by atoms with Crippen LogP contribution in [0.1, 0.15) is 18.1 Å². The van der Waals surface area contributed by atoms with E-state index in [0.29, 0.717) is 0 Å². The molecule has 0 aliphatic carbocycles. The second kappa shape index (κ2) is 4.64. The van der Waals surface area contributed by atoms with Crippen LogP contribution in [0.2, 0.25) is 0 Å². The van der Waals surface area contributed by atoms with Crippen LogP contribution in [0, 0.1) is 0 Å². The normalized spacial score (nSPS) is 10.2. The van der Waals surface area contributed by atoms with Gasteiger partial charge in [-0.3, -0.25) is 0 Å². The molecule has 0 bridgehead atoms. The van der Waals surface area contributed by atoms with Crippen LogP contribution in [-0.2, 0) is 13.0 Å². The molecule has 1 aromatic carbocycles. The van der Waals surface area contributed by atoms with Gasteiger partial charge in [0.2, 0.25) is 0 Å². The number of aryl methyl sites for hydroxylation is 1. The number of aromatic nitrogens is 2. The lowest BCUT2D eigenvalue weighted by Gasteiger charge is -2.07. The molecule has 0 spiro atoms. The number of rotatable bonds is 4. The molecule has 78 valence electrons. The molecule has 15 heavy (non-hydrogen) atoms. The van der Waals surface area contributed by atoms with Crippen LogP contribution in [0.5, 0.6) is 0 Å². The number of imidazole rings is 1. The van der Waals surface area contributed by atoms with Gasteiger partial charge in [-0.2, -0.15) is 0 Å². The van der Waals surface area contributed by atoms with E-state index in [1.165, 1.54) is 11.1 Å². The summed E-state index contributed by atoms with van der Waals surface area (Å²) in [7, 11) is 0. The zero-order chi connectivity index (χ0) is 10.5. The summed E-state index contributed by atoms with van der Waals surface area (Å²) in [6, 6.07) is 8.46. The molecule has 3 heteroatoms. The molecule has 1 heterocycles. The number of nitrogens with zero attached hydrogens (tertiary/aromatic N) is 1. The molecule has 0 saturated heterocycles. The van der Waals surface area contributed by atoms with E-state index in [4.69, 9.17) is 0 Å². The number of H-pyrrole nitrogens is 1. The van der Waals surface area contributed by atoms with Gasteiger partial charge in [0.15, 0.2) is 5.95 Å². The van der Waals surface area contributed by atoms with E-state index in [0.717, 1.165) is 18.9 Å². The van der Waals surface area contributed by atoms with Gasteiger partial charge in [-0.1, -0.05) is 31.2 Å². The third-order valence-corrected chi connectivity index (χ3v) is 2.44. The van der Waals surface area contributed by atoms with Crippen molar-refractivity contribution in [2.24, 2.45) is 0 Å². The fraction of sp³-hybridized carbons (Fsp3) is 0.250. The van der Waals surface area contributed by atoms with Gasteiger partial charge in [0.1, 0.15) is 0 Å². The SMILES string of the molecule is CCc1ccccc1CNc1ncc[nH]1. The minimum absolute atomic E-state index is 0.817. The fourth-order valence-corrected chi connectivity index (χ4v) is 1.62. The van der Waals surface area contributed by atoms with Gasteiger partial charge in [-0.05, 0) is 17.5 Å². The summed E-state index contributed by atoms with van der Waals surface area (Å²) in [6.07, 6.45) is 4.62. The first-order chi connectivity index (χ1) is 7.40. The molecule has 0 atom stereocenters. The summed E-state index contributed by atoms with van der Waals surface area (Å²) < 4.78 is 0. The van der Waals surface area contributed by atoms with Crippen molar-refractivity contribution in [1.29, 1.82) is 0 Å². The Kier molecular flexibility index (Phi) is 3.02. The lowest BCUT2D eigenvalue weighted by Crippen LogP contribution is -2.03. The minimum Gasteiger partial charge on any atom is -0.352 e. The smallest absolute Gasteiger partial charge is 0.200 e. The molecule has 0 amide bonds. The second-order valence-electron chi connectivity index (χ2n) is 3.41. The summed E-state index contributed by atoms with van der Waals surface area (Å²) in [5.41, 5.74) is 2.72. The number of hydrogen-bond acceptors (Lipinski definition) is 2. The zero-order valence-corrected chi connectivity index (χ0v) is 8.83. The van der Waals surface area contributed by atoms with Crippen molar-refractivity contribution in [2.75, 3.05) is 5.32 Å². The van der Waals surface area contributed by atoms with Gasteiger partial charge in [0, 0.05) is 18.9 Å². The summed E-state index contributed by atoms with van der Waals surface area (Å²) in [4.78, 5) is 7.14. The lowest BCUT2D eigenvalue weighted by atomic mass is 10.1. The van der Waals surface area contributed by atoms with E-state index in [1.54, 1.807) is 6.20 Å². The van der Waals surface area contributed by atoms with Crippen LogP contribution in [0.15, 0.2) is 36.7 Å². The van der Waals surface area contributed by atoms with Crippen molar-refractivity contribution >= 4 is 5.95 Å². The van der Waals surface area contributed by atoms with Gasteiger partial charge in [-0.25, -0.2) is 4.98 Å². The van der Waals surface area contributed by atoms with Gasteiger partial charge in [-0.15, -0.1) is 0 Å². The average Bonchev–Trinajstić information content (AvgIpc) is 2.79. The highest BCUT2D eigenvalue weighted by atomic mass is 15.1. The third kappa shape index (κ3) is 2.37. The van der Waals surface area contributed by atoms with E-state index in [-0.39, 0.29) is 0 Å². The Balaban J connectivity index is 2.04. The van der Waals surface area contributed by atoms with Crippen molar-refractivity contribution in [3.63, 3.8) is 0 Å². The standard InChI is InChI=1S/C12H15N3/c1-2-10-5-3-4-6-11(10)9-15-12-13-7-8-14-12/h3-8H,2,9H2,1H3,(H2,13,14,15). The maximum atomic E-state index is 4.12. The number of hydrogen-bond donors (Lipinski definition) is 2. The molecule has 0 aliphatic rings. The summed E-state index contributed by atoms with van der Waals surface area (Å²) in [6.45, 7) is 2.99. The number of nitrogens with one attached hydrogen (secondary N) is 2. The molecule has 0 radical (unpaired) electrons. The first-order valence-corrected chi connectivity index (χ1v) is 5.20. The molecule has 0 fully saturated rings. The monoisotopic (exact) mass is 201 g/mol.